The predicted octanol–water partition coefficient (Wildman–Crippen LogP) is 1.10. The lowest BCUT2D eigenvalue weighted by molar-refractivity contribution is -0.128. The normalized spacial score (nSPS) is 9.94. The zero-order valence-corrected chi connectivity index (χ0v) is 9.46. The molecule has 90 valence electrons. The number of amides is 1. The zero-order chi connectivity index (χ0) is 12.5. The lowest BCUT2D eigenvalue weighted by Crippen LogP contribution is -2.30. The van der Waals surface area contributed by atoms with Crippen molar-refractivity contribution in [2.75, 3.05) is 0 Å². The Labute approximate surface area is 100 Å². The van der Waals surface area contributed by atoms with Gasteiger partial charge in [0.05, 0.1) is 5.92 Å². The molecule has 0 aliphatic heterocycles. The molecule has 0 unspecified atom stereocenters. The molecule has 4 heteroatoms. The number of aldehydes is 2. The van der Waals surface area contributed by atoms with Gasteiger partial charge in [0.2, 0.25) is 5.91 Å². The molecule has 1 aromatic rings. The molecule has 17 heavy (non-hydrogen) atoms. The Balaban J connectivity index is 2.46. The number of benzene rings is 1. The van der Waals surface area contributed by atoms with E-state index in [2.05, 4.69) is 5.32 Å². The molecule has 0 heterocycles. The van der Waals surface area contributed by atoms with Gasteiger partial charge in [-0.25, -0.2) is 0 Å². The molecule has 1 rings (SSSR count). The summed E-state index contributed by atoms with van der Waals surface area (Å²) < 4.78 is 0. The van der Waals surface area contributed by atoms with Crippen LogP contribution in [0.3, 0.4) is 0 Å². The van der Waals surface area contributed by atoms with Gasteiger partial charge in [0, 0.05) is 19.4 Å². The van der Waals surface area contributed by atoms with Gasteiger partial charge < -0.3 is 14.9 Å². The number of carbonyl (C=O) groups is 3. The second-order valence-electron chi connectivity index (χ2n) is 3.71. The SMILES string of the molecule is O=CCC(CC=O)C(=O)NCc1ccccc1. The second kappa shape index (κ2) is 7.33. The molecule has 1 N–H and O–H groups in total. The Hall–Kier alpha value is -1.97. The Kier molecular flexibility index (Phi) is 5.64. The first-order chi connectivity index (χ1) is 8.27. The molecule has 0 aliphatic carbocycles. The van der Waals surface area contributed by atoms with Gasteiger partial charge in [-0.05, 0) is 5.56 Å². The fraction of sp³-hybridized carbons (Fsp3) is 0.308. The molecule has 1 amide bonds. The minimum atomic E-state index is -0.547. The van der Waals surface area contributed by atoms with Crippen LogP contribution in [0.15, 0.2) is 30.3 Å². The molecule has 0 saturated heterocycles. The van der Waals surface area contributed by atoms with Gasteiger partial charge in [0.1, 0.15) is 12.6 Å². The molecule has 0 aromatic heterocycles. The van der Waals surface area contributed by atoms with Gasteiger partial charge in [0.25, 0.3) is 0 Å². The average Bonchev–Trinajstić information content (AvgIpc) is 2.37. The molecule has 0 aliphatic rings. The summed E-state index contributed by atoms with van der Waals surface area (Å²) in [6.07, 6.45) is 1.49. The van der Waals surface area contributed by atoms with E-state index in [4.69, 9.17) is 0 Å². The summed E-state index contributed by atoms with van der Waals surface area (Å²) in [4.78, 5) is 32.4. The first-order valence-corrected chi connectivity index (χ1v) is 5.46. The molecule has 4 nitrogen and oxygen atoms in total. The Bertz CT molecular complexity index is 366. The molecular formula is C13H15NO3. The van der Waals surface area contributed by atoms with Crippen LogP contribution >= 0.6 is 0 Å². The van der Waals surface area contributed by atoms with E-state index in [9.17, 15) is 14.4 Å². The zero-order valence-electron chi connectivity index (χ0n) is 9.46. The van der Waals surface area contributed by atoms with Crippen molar-refractivity contribution in [3.8, 4) is 0 Å². The van der Waals surface area contributed by atoms with Crippen LogP contribution in [0.5, 0.6) is 0 Å². The minimum Gasteiger partial charge on any atom is -0.352 e. The summed E-state index contributed by atoms with van der Waals surface area (Å²) >= 11 is 0. The van der Waals surface area contributed by atoms with Crippen LogP contribution in [0.1, 0.15) is 18.4 Å². The smallest absolute Gasteiger partial charge is 0.224 e. The highest BCUT2D eigenvalue weighted by atomic mass is 16.2. The van der Waals surface area contributed by atoms with Gasteiger partial charge in [-0.2, -0.15) is 0 Å². The number of carbonyl (C=O) groups excluding carboxylic acids is 3. The van der Waals surface area contributed by atoms with Crippen LogP contribution in [0.2, 0.25) is 0 Å². The third-order valence-electron chi connectivity index (χ3n) is 2.44. The Morgan fingerprint density at radius 3 is 2.24 bits per heavy atom. The van der Waals surface area contributed by atoms with Crippen molar-refractivity contribution >= 4 is 18.5 Å². The van der Waals surface area contributed by atoms with Gasteiger partial charge >= 0.3 is 0 Å². The summed E-state index contributed by atoms with van der Waals surface area (Å²) in [5.41, 5.74) is 0.983. The lowest BCUT2D eigenvalue weighted by atomic mass is 10.0. The summed E-state index contributed by atoms with van der Waals surface area (Å²) in [6.45, 7) is 0.411. The first-order valence-electron chi connectivity index (χ1n) is 5.46. The van der Waals surface area contributed by atoms with Crippen LogP contribution in [0.25, 0.3) is 0 Å². The van der Waals surface area contributed by atoms with Crippen LogP contribution < -0.4 is 5.32 Å². The highest BCUT2D eigenvalue weighted by Gasteiger charge is 2.16. The Morgan fingerprint density at radius 1 is 1.12 bits per heavy atom. The number of rotatable bonds is 7. The average molecular weight is 233 g/mol. The van der Waals surface area contributed by atoms with Crippen LogP contribution in [0, 0.1) is 5.92 Å². The largest absolute Gasteiger partial charge is 0.352 e. The maximum atomic E-state index is 11.7. The van der Waals surface area contributed by atoms with Crippen molar-refractivity contribution in [3.63, 3.8) is 0 Å². The summed E-state index contributed by atoms with van der Waals surface area (Å²) in [5.74, 6) is -0.804. The maximum absolute atomic E-state index is 11.7. The van der Waals surface area contributed by atoms with E-state index >= 15 is 0 Å². The molecule has 0 saturated carbocycles. The van der Waals surface area contributed by atoms with E-state index in [0.717, 1.165) is 5.56 Å². The van der Waals surface area contributed by atoms with Gasteiger partial charge in [-0.15, -0.1) is 0 Å². The Morgan fingerprint density at radius 2 is 1.71 bits per heavy atom. The molecule has 0 atom stereocenters. The highest BCUT2D eigenvalue weighted by Crippen LogP contribution is 2.06. The van der Waals surface area contributed by atoms with Crippen molar-refractivity contribution in [1.29, 1.82) is 0 Å². The van der Waals surface area contributed by atoms with Crippen LogP contribution in [-0.4, -0.2) is 18.5 Å². The van der Waals surface area contributed by atoms with E-state index in [1.165, 1.54) is 0 Å². The topological polar surface area (TPSA) is 63.2 Å². The maximum Gasteiger partial charge on any atom is 0.224 e. The summed E-state index contributed by atoms with van der Waals surface area (Å²) in [5, 5.41) is 2.71. The summed E-state index contributed by atoms with van der Waals surface area (Å²) in [6, 6.07) is 9.46. The van der Waals surface area contributed by atoms with E-state index in [1.54, 1.807) is 0 Å². The van der Waals surface area contributed by atoms with E-state index in [-0.39, 0.29) is 18.7 Å². The van der Waals surface area contributed by atoms with Gasteiger partial charge in [-0.1, -0.05) is 30.3 Å². The standard InChI is InChI=1S/C13H15NO3/c15-8-6-12(7-9-16)13(17)14-10-11-4-2-1-3-5-11/h1-5,8-9,12H,6-7,10H2,(H,14,17). The third kappa shape index (κ3) is 4.59. The lowest BCUT2D eigenvalue weighted by Gasteiger charge is -2.11. The number of hydrogen-bond donors (Lipinski definition) is 1. The summed E-state index contributed by atoms with van der Waals surface area (Å²) in [7, 11) is 0. The second-order valence-corrected chi connectivity index (χ2v) is 3.71. The van der Waals surface area contributed by atoms with Crippen molar-refractivity contribution in [1.82, 2.24) is 5.32 Å². The van der Waals surface area contributed by atoms with Gasteiger partial charge in [-0.3, -0.25) is 4.79 Å². The minimum absolute atomic E-state index is 0.0827. The predicted molar refractivity (Wildman–Crippen MR) is 63.1 cm³/mol. The monoisotopic (exact) mass is 233 g/mol. The molecule has 0 radical (unpaired) electrons. The fourth-order valence-electron chi connectivity index (χ4n) is 1.47. The third-order valence-corrected chi connectivity index (χ3v) is 2.44. The quantitative estimate of drug-likeness (QED) is 0.717. The van der Waals surface area contributed by atoms with Crippen molar-refractivity contribution in [2.24, 2.45) is 5.92 Å². The molecule has 0 spiro atoms. The van der Waals surface area contributed by atoms with E-state index in [1.807, 2.05) is 30.3 Å². The highest BCUT2D eigenvalue weighted by molar-refractivity contribution is 5.83. The van der Waals surface area contributed by atoms with E-state index in [0.29, 0.717) is 19.1 Å². The van der Waals surface area contributed by atoms with Gasteiger partial charge in [0.15, 0.2) is 0 Å². The molecular weight excluding hydrogens is 218 g/mol. The van der Waals surface area contributed by atoms with Crippen LogP contribution in [0.4, 0.5) is 0 Å². The van der Waals surface area contributed by atoms with Crippen molar-refractivity contribution < 1.29 is 14.4 Å². The van der Waals surface area contributed by atoms with Crippen molar-refractivity contribution in [3.05, 3.63) is 35.9 Å². The first kappa shape index (κ1) is 13.1. The number of nitrogens with one attached hydrogen (secondary N) is 1. The van der Waals surface area contributed by atoms with Crippen LogP contribution in [-0.2, 0) is 20.9 Å². The molecule has 0 fully saturated rings. The van der Waals surface area contributed by atoms with Crippen molar-refractivity contribution in [2.45, 2.75) is 19.4 Å². The molecule has 0 bridgehead atoms. The number of hydrogen-bond acceptors (Lipinski definition) is 3. The fourth-order valence-corrected chi connectivity index (χ4v) is 1.47. The van der Waals surface area contributed by atoms with E-state index < -0.39 is 5.92 Å². The molecule has 1 aromatic carbocycles.